The molecular weight excluding hydrogens is 318 g/mol. The molecular formula is C14H19ClF2N2O3. The van der Waals surface area contributed by atoms with Gasteiger partial charge in [-0.2, -0.15) is 8.78 Å². The smallest absolute Gasteiger partial charge is 0.387 e. The van der Waals surface area contributed by atoms with E-state index in [1.165, 1.54) is 6.07 Å². The number of morpholine rings is 1. The van der Waals surface area contributed by atoms with Crippen LogP contribution < -0.4 is 15.4 Å². The van der Waals surface area contributed by atoms with Gasteiger partial charge in [-0.1, -0.05) is 18.2 Å². The van der Waals surface area contributed by atoms with Gasteiger partial charge in [-0.15, -0.1) is 12.4 Å². The standard InChI is InChI=1S/C14H18F2N2O3.ClH/c1-9(18-13(19)11-8-20-7-6-17-11)10-4-2-3-5-12(10)21-14(15)16;/h2-5,9,11,14,17H,6-8H2,1H3,(H,18,19);1H. The van der Waals surface area contributed by atoms with Gasteiger partial charge in [-0.3, -0.25) is 4.79 Å². The maximum atomic E-state index is 12.4. The largest absolute Gasteiger partial charge is 0.434 e. The number of nitrogens with one attached hydrogen (secondary N) is 2. The van der Waals surface area contributed by atoms with Crippen LogP contribution in [0.3, 0.4) is 0 Å². The Morgan fingerprint density at radius 3 is 2.82 bits per heavy atom. The van der Waals surface area contributed by atoms with E-state index in [9.17, 15) is 13.6 Å². The molecule has 0 saturated carbocycles. The average Bonchev–Trinajstić information content (AvgIpc) is 2.48. The predicted molar refractivity (Wildman–Crippen MR) is 79.5 cm³/mol. The van der Waals surface area contributed by atoms with Crippen LogP contribution in [0.25, 0.3) is 0 Å². The van der Waals surface area contributed by atoms with E-state index < -0.39 is 18.7 Å². The van der Waals surface area contributed by atoms with Crippen molar-refractivity contribution in [3.8, 4) is 5.75 Å². The number of ether oxygens (including phenoxy) is 2. The highest BCUT2D eigenvalue weighted by Gasteiger charge is 2.24. The molecule has 124 valence electrons. The fourth-order valence-electron chi connectivity index (χ4n) is 2.17. The fourth-order valence-corrected chi connectivity index (χ4v) is 2.17. The molecule has 2 rings (SSSR count). The van der Waals surface area contributed by atoms with E-state index in [1.54, 1.807) is 25.1 Å². The van der Waals surface area contributed by atoms with E-state index in [0.29, 0.717) is 25.3 Å². The first-order valence-electron chi connectivity index (χ1n) is 6.73. The van der Waals surface area contributed by atoms with Crippen LogP contribution in [0.5, 0.6) is 5.75 Å². The molecule has 0 aliphatic carbocycles. The lowest BCUT2D eigenvalue weighted by molar-refractivity contribution is -0.126. The van der Waals surface area contributed by atoms with Crippen molar-refractivity contribution < 1.29 is 23.0 Å². The number of halogens is 3. The van der Waals surface area contributed by atoms with Crippen LogP contribution in [0.15, 0.2) is 24.3 Å². The van der Waals surface area contributed by atoms with Gasteiger partial charge in [0.1, 0.15) is 11.8 Å². The summed E-state index contributed by atoms with van der Waals surface area (Å²) in [5, 5.41) is 5.81. The van der Waals surface area contributed by atoms with Crippen molar-refractivity contribution in [2.45, 2.75) is 25.6 Å². The summed E-state index contributed by atoms with van der Waals surface area (Å²) in [7, 11) is 0. The van der Waals surface area contributed by atoms with Crippen molar-refractivity contribution in [3.05, 3.63) is 29.8 Å². The number of carbonyl (C=O) groups is 1. The van der Waals surface area contributed by atoms with Gasteiger partial charge in [0.15, 0.2) is 0 Å². The second-order valence-corrected chi connectivity index (χ2v) is 4.73. The average molecular weight is 337 g/mol. The highest BCUT2D eigenvalue weighted by atomic mass is 35.5. The Morgan fingerprint density at radius 2 is 2.18 bits per heavy atom. The molecule has 1 amide bonds. The molecule has 8 heteroatoms. The van der Waals surface area contributed by atoms with Crippen LogP contribution >= 0.6 is 12.4 Å². The van der Waals surface area contributed by atoms with Crippen LogP contribution in [0, 0.1) is 0 Å². The molecule has 22 heavy (non-hydrogen) atoms. The van der Waals surface area contributed by atoms with Crippen molar-refractivity contribution >= 4 is 18.3 Å². The molecule has 2 atom stereocenters. The number of carbonyl (C=O) groups excluding carboxylic acids is 1. The summed E-state index contributed by atoms with van der Waals surface area (Å²) in [5.74, 6) is -0.165. The molecule has 1 fully saturated rings. The summed E-state index contributed by atoms with van der Waals surface area (Å²) in [6, 6.07) is 5.53. The number of rotatable bonds is 5. The highest BCUT2D eigenvalue weighted by Crippen LogP contribution is 2.26. The Kier molecular flexibility index (Phi) is 7.50. The summed E-state index contributed by atoms with van der Waals surface area (Å²) in [6.07, 6.45) is 0. The van der Waals surface area contributed by atoms with Crippen LogP contribution in [-0.2, 0) is 9.53 Å². The van der Waals surface area contributed by atoms with Crippen molar-refractivity contribution in [1.29, 1.82) is 0 Å². The molecule has 0 aromatic heterocycles. The summed E-state index contributed by atoms with van der Waals surface area (Å²) in [6.45, 7) is 0.299. The molecule has 1 heterocycles. The fraction of sp³-hybridized carbons (Fsp3) is 0.500. The Bertz CT molecular complexity index is 485. The van der Waals surface area contributed by atoms with Crippen LogP contribution in [0.1, 0.15) is 18.5 Å². The minimum atomic E-state index is -2.90. The number of para-hydroxylation sites is 1. The third-order valence-electron chi connectivity index (χ3n) is 3.20. The molecule has 0 bridgehead atoms. The van der Waals surface area contributed by atoms with E-state index in [0.717, 1.165) is 0 Å². The SMILES string of the molecule is CC(NC(=O)C1COCCN1)c1ccccc1OC(F)F.Cl. The maximum Gasteiger partial charge on any atom is 0.387 e. The van der Waals surface area contributed by atoms with Gasteiger partial charge >= 0.3 is 6.61 Å². The minimum absolute atomic E-state index is 0. The number of alkyl halides is 2. The van der Waals surface area contributed by atoms with Gasteiger partial charge < -0.3 is 20.1 Å². The molecule has 0 spiro atoms. The van der Waals surface area contributed by atoms with Crippen molar-refractivity contribution in [3.63, 3.8) is 0 Å². The first-order valence-corrected chi connectivity index (χ1v) is 6.73. The molecule has 2 N–H and O–H groups in total. The van der Waals surface area contributed by atoms with Crippen molar-refractivity contribution in [1.82, 2.24) is 10.6 Å². The van der Waals surface area contributed by atoms with Crippen molar-refractivity contribution in [2.75, 3.05) is 19.8 Å². The molecule has 2 unspecified atom stereocenters. The predicted octanol–water partition coefficient (Wildman–Crippen LogP) is 1.88. The molecule has 1 aliphatic rings. The first-order chi connectivity index (χ1) is 10.1. The Labute approximate surface area is 133 Å². The van der Waals surface area contributed by atoms with E-state index in [1.807, 2.05) is 0 Å². The zero-order valence-corrected chi connectivity index (χ0v) is 12.9. The number of benzene rings is 1. The summed E-state index contributed by atoms with van der Waals surface area (Å²) >= 11 is 0. The third kappa shape index (κ3) is 5.08. The molecule has 1 aromatic carbocycles. The zero-order chi connectivity index (χ0) is 15.2. The van der Waals surface area contributed by atoms with Crippen molar-refractivity contribution in [2.24, 2.45) is 0 Å². The lowest BCUT2D eigenvalue weighted by Gasteiger charge is -2.25. The maximum absolute atomic E-state index is 12.4. The molecule has 1 aliphatic heterocycles. The monoisotopic (exact) mass is 336 g/mol. The summed E-state index contributed by atoms with van der Waals surface area (Å²) in [5.41, 5.74) is 0.503. The van der Waals surface area contributed by atoms with Gasteiger partial charge in [-0.05, 0) is 13.0 Å². The van der Waals surface area contributed by atoms with E-state index in [2.05, 4.69) is 15.4 Å². The quantitative estimate of drug-likeness (QED) is 0.862. The first kappa shape index (κ1) is 18.6. The minimum Gasteiger partial charge on any atom is -0.434 e. The lowest BCUT2D eigenvalue weighted by Crippen LogP contribution is -2.51. The highest BCUT2D eigenvalue weighted by molar-refractivity contribution is 5.85. The van der Waals surface area contributed by atoms with Gasteiger partial charge in [0.2, 0.25) is 5.91 Å². The second-order valence-electron chi connectivity index (χ2n) is 4.73. The number of hydrogen-bond acceptors (Lipinski definition) is 4. The summed E-state index contributed by atoms with van der Waals surface area (Å²) in [4.78, 5) is 12.1. The molecule has 1 aromatic rings. The topological polar surface area (TPSA) is 59.6 Å². The molecule has 1 saturated heterocycles. The van der Waals surface area contributed by atoms with Crippen LogP contribution in [0.4, 0.5) is 8.78 Å². The molecule has 0 radical (unpaired) electrons. The Morgan fingerprint density at radius 1 is 1.45 bits per heavy atom. The zero-order valence-electron chi connectivity index (χ0n) is 12.1. The normalized spacial score (nSPS) is 19.2. The number of amides is 1. The second kappa shape index (κ2) is 8.87. The van der Waals surface area contributed by atoms with E-state index in [4.69, 9.17) is 4.74 Å². The van der Waals surface area contributed by atoms with E-state index in [-0.39, 0.29) is 24.1 Å². The van der Waals surface area contributed by atoms with Gasteiger partial charge in [0.25, 0.3) is 0 Å². The van der Waals surface area contributed by atoms with Gasteiger partial charge in [-0.25, -0.2) is 0 Å². The Hall–Kier alpha value is -1.44. The number of hydrogen-bond donors (Lipinski definition) is 2. The molecule has 5 nitrogen and oxygen atoms in total. The Balaban J connectivity index is 0.00000242. The third-order valence-corrected chi connectivity index (χ3v) is 3.20. The van der Waals surface area contributed by atoms with Gasteiger partial charge in [0.05, 0.1) is 19.3 Å². The lowest BCUT2D eigenvalue weighted by atomic mass is 10.1. The summed E-state index contributed by atoms with van der Waals surface area (Å²) < 4.78 is 34.5. The van der Waals surface area contributed by atoms with E-state index >= 15 is 0 Å². The van der Waals surface area contributed by atoms with Crippen LogP contribution in [0.2, 0.25) is 0 Å². The van der Waals surface area contributed by atoms with Gasteiger partial charge in [0, 0.05) is 12.1 Å². The van der Waals surface area contributed by atoms with Crippen LogP contribution in [-0.4, -0.2) is 38.3 Å².